The van der Waals surface area contributed by atoms with Crippen LogP contribution in [0, 0.1) is 6.92 Å². The normalized spacial score (nSPS) is 15.9. The van der Waals surface area contributed by atoms with Crippen LogP contribution in [0.25, 0.3) is 0 Å². The quantitative estimate of drug-likeness (QED) is 0.483. The van der Waals surface area contributed by atoms with Gasteiger partial charge in [0.05, 0.1) is 11.8 Å². The van der Waals surface area contributed by atoms with E-state index in [9.17, 15) is 4.79 Å². The number of benzene rings is 2. The smallest absolute Gasteiger partial charge is 0.263 e. The molecule has 178 valence electrons. The number of hydrogen-bond donors (Lipinski definition) is 2. The lowest BCUT2D eigenvalue weighted by molar-refractivity contribution is 0.0954. The highest BCUT2D eigenvalue weighted by molar-refractivity contribution is 7.17. The molecule has 0 atom stereocenters. The monoisotopic (exact) mass is 476 g/mol. The molecule has 6 nitrogen and oxygen atoms in total. The number of aryl methyl sites for hydroxylation is 1. The molecular formula is C27H32N4O2S. The number of anilines is 1. The predicted octanol–water partition coefficient (Wildman–Crippen LogP) is 4.91. The lowest BCUT2D eigenvalue weighted by Crippen LogP contribution is -2.31. The minimum atomic E-state index is -0.0757. The predicted molar refractivity (Wildman–Crippen MR) is 137 cm³/mol. The number of ether oxygens (including phenoxy) is 1. The Balaban J connectivity index is 1.15. The molecule has 2 heterocycles. The Kier molecular flexibility index (Phi) is 6.83. The third-order valence-corrected chi connectivity index (χ3v) is 7.92. The second-order valence-corrected chi connectivity index (χ2v) is 10.2. The molecule has 3 aromatic rings. The number of hydrogen-bond acceptors (Lipinski definition) is 6. The van der Waals surface area contributed by atoms with Gasteiger partial charge in [-0.25, -0.2) is 4.98 Å². The van der Waals surface area contributed by atoms with Crippen molar-refractivity contribution in [2.45, 2.75) is 58.3 Å². The Bertz CT molecular complexity index is 1150. The van der Waals surface area contributed by atoms with Crippen LogP contribution in [0.15, 0.2) is 42.5 Å². The Morgan fingerprint density at radius 1 is 1.18 bits per heavy atom. The summed E-state index contributed by atoms with van der Waals surface area (Å²) in [6.07, 6.45) is 5.14. The van der Waals surface area contributed by atoms with Crippen LogP contribution in [0.1, 0.15) is 56.9 Å². The van der Waals surface area contributed by atoms with Crippen molar-refractivity contribution in [3.8, 4) is 5.75 Å². The maximum atomic E-state index is 12.5. The van der Waals surface area contributed by atoms with E-state index in [0.717, 1.165) is 48.2 Å². The first kappa shape index (κ1) is 22.9. The third-order valence-electron chi connectivity index (χ3n) is 6.75. The SMILES string of the molecule is CNc1nc(C)c(C(=O)NCc2ccc(CN3CCc4c(cccc4OC4CCC4)C3)cc2)s1. The van der Waals surface area contributed by atoms with Crippen molar-refractivity contribution in [3.05, 3.63) is 75.3 Å². The Morgan fingerprint density at radius 2 is 1.97 bits per heavy atom. The van der Waals surface area contributed by atoms with Gasteiger partial charge in [-0.05, 0) is 60.9 Å². The molecule has 1 aliphatic carbocycles. The number of amides is 1. The summed E-state index contributed by atoms with van der Waals surface area (Å²) in [7, 11) is 1.81. The highest BCUT2D eigenvalue weighted by atomic mass is 32.1. The Hall–Kier alpha value is -2.90. The van der Waals surface area contributed by atoms with Gasteiger partial charge >= 0.3 is 0 Å². The van der Waals surface area contributed by atoms with Gasteiger partial charge in [0.2, 0.25) is 0 Å². The van der Waals surface area contributed by atoms with E-state index in [4.69, 9.17) is 4.74 Å². The first-order chi connectivity index (χ1) is 16.6. The molecule has 0 unspecified atom stereocenters. The molecule has 34 heavy (non-hydrogen) atoms. The van der Waals surface area contributed by atoms with Gasteiger partial charge in [0.25, 0.3) is 5.91 Å². The summed E-state index contributed by atoms with van der Waals surface area (Å²) in [5, 5.41) is 6.77. The van der Waals surface area contributed by atoms with Gasteiger partial charge in [-0.15, -0.1) is 0 Å². The number of nitrogens with one attached hydrogen (secondary N) is 2. The van der Waals surface area contributed by atoms with Crippen LogP contribution < -0.4 is 15.4 Å². The summed E-state index contributed by atoms with van der Waals surface area (Å²) in [6, 6.07) is 15.1. The molecule has 1 fully saturated rings. The zero-order chi connectivity index (χ0) is 23.5. The number of fused-ring (bicyclic) bond motifs is 1. The van der Waals surface area contributed by atoms with Gasteiger partial charge in [0, 0.05) is 33.2 Å². The molecule has 1 aromatic heterocycles. The second-order valence-electron chi connectivity index (χ2n) is 9.21. The van der Waals surface area contributed by atoms with E-state index in [1.54, 1.807) is 0 Å². The van der Waals surface area contributed by atoms with E-state index in [1.807, 2.05) is 14.0 Å². The summed E-state index contributed by atoms with van der Waals surface area (Å²) in [5.41, 5.74) is 5.93. The first-order valence-electron chi connectivity index (χ1n) is 12.1. The standard InChI is InChI=1S/C27H32N4O2S/c1-18-25(34-27(28-2)30-18)26(32)29-15-19-9-11-20(12-10-19)16-31-14-13-23-21(17-31)5-3-8-24(23)33-22-6-4-7-22/h3,5,8-12,22H,4,6-7,13-17H2,1-2H3,(H,28,30)(H,29,32). The van der Waals surface area contributed by atoms with Crippen LogP contribution in [-0.4, -0.2) is 35.5 Å². The average Bonchev–Trinajstić information content (AvgIpc) is 3.21. The molecule has 5 rings (SSSR count). The minimum absolute atomic E-state index is 0.0757. The fraction of sp³-hybridized carbons (Fsp3) is 0.407. The summed E-state index contributed by atoms with van der Waals surface area (Å²) in [6.45, 7) is 5.29. The van der Waals surface area contributed by atoms with Crippen LogP contribution >= 0.6 is 11.3 Å². The zero-order valence-corrected chi connectivity index (χ0v) is 20.7. The maximum Gasteiger partial charge on any atom is 0.263 e. The molecule has 0 saturated heterocycles. The van der Waals surface area contributed by atoms with E-state index >= 15 is 0 Å². The fourth-order valence-corrected chi connectivity index (χ4v) is 5.38. The molecular weight excluding hydrogens is 444 g/mol. The van der Waals surface area contributed by atoms with Crippen LogP contribution in [0.2, 0.25) is 0 Å². The zero-order valence-electron chi connectivity index (χ0n) is 19.9. The maximum absolute atomic E-state index is 12.5. The van der Waals surface area contributed by atoms with E-state index in [-0.39, 0.29) is 5.91 Å². The van der Waals surface area contributed by atoms with Gasteiger partial charge in [-0.2, -0.15) is 0 Å². The van der Waals surface area contributed by atoms with Crippen molar-refractivity contribution in [2.75, 3.05) is 18.9 Å². The van der Waals surface area contributed by atoms with E-state index in [2.05, 4.69) is 63.0 Å². The van der Waals surface area contributed by atoms with E-state index in [0.29, 0.717) is 17.5 Å². The number of carbonyl (C=O) groups is 1. The molecule has 2 aromatic carbocycles. The lowest BCUT2D eigenvalue weighted by Gasteiger charge is -2.32. The topological polar surface area (TPSA) is 66.5 Å². The molecule has 0 bridgehead atoms. The van der Waals surface area contributed by atoms with Gasteiger partial charge < -0.3 is 15.4 Å². The Labute approximate surface area is 205 Å². The van der Waals surface area contributed by atoms with E-state index < -0.39 is 0 Å². The average molecular weight is 477 g/mol. The van der Waals surface area contributed by atoms with Crippen molar-refractivity contribution >= 4 is 22.4 Å². The fourth-order valence-electron chi connectivity index (χ4n) is 4.54. The molecule has 0 spiro atoms. The van der Waals surface area contributed by atoms with Crippen LogP contribution in [0.3, 0.4) is 0 Å². The number of carbonyl (C=O) groups excluding carboxylic acids is 1. The lowest BCUT2D eigenvalue weighted by atomic mass is 9.95. The summed E-state index contributed by atoms with van der Waals surface area (Å²) in [4.78, 5) is 20.0. The number of aromatic nitrogens is 1. The molecule has 7 heteroatoms. The molecule has 2 N–H and O–H groups in total. The molecule has 1 amide bonds. The number of rotatable bonds is 8. The van der Waals surface area contributed by atoms with Gasteiger partial charge in [-0.1, -0.05) is 47.7 Å². The van der Waals surface area contributed by atoms with Gasteiger partial charge in [-0.3, -0.25) is 9.69 Å². The largest absolute Gasteiger partial charge is 0.490 e. The summed E-state index contributed by atoms with van der Waals surface area (Å²) >= 11 is 1.38. The molecule has 0 radical (unpaired) electrons. The minimum Gasteiger partial charge on any atom is -0.490 e. The molecule has 1 saturated carbocycles. The van der Waals surface area contributed by atoms with Gasteiger partial charge in [0.1, 0.15) is 10.6 Å². The summed E-state index contributed by atoms with van der Waals surface area (Å²) < 4.78 is 6.24. The number of thiazole rings is 1. The van der Waals surface area contributed by atoms with Gasteiger partial charge in [0.15, 0.2) is 5.13 Å². The van der Waals surface area contributed by atoms with E-state index in [1.165, 1.54) is 47.3 Å². The van der Waals surface area contributed by atoms with Crippen LogP contribution in [-0.2, 0) is 26.1 Å². The van der Waals surface area contributed by atoms with Crippen molar-refractivity contribution in [1.29, 1.82) is 0 Å². The highest BCUT2D eigenvalue weighted by Crippen LogP contribution is 2.32. The summed E-state index contributed by atoms with van der Waals surface area (Å²) in [5.74, 6) is 1.03. The Morgan fingerprint density at radius 3 is 2.68 bits per heavy atom. The number of nitrogens with zero attached hydrogens (tertiary/aromatic N) is 2. The first-order valence-corrected chi connectivity index (χ1v) is 12.9. The molecule has 1 aliphatic heterocycles. The molecule has 2 aliphatic rings. The van der Waals surface area contributed by atoms with Crippen LogP contribution in [0.5, 0.6) is 5.75 Å². The van der Waals surface area contributed by atoms with Crippen molar-refractivity contribution in [2.24, 2.45) is 0 Å². The van der Waals surface area contributed by atoms with Crippen molar-refractivity contribution in [1.82, 2.24) is 15.2 Å². The third kappa shape index (κ3) is 5.10. The van der Waals surface area contributed by atoms with Crippen molar-refractivity contribution < 1.29 is 9.53 Å². The van der Waals surface area contributed by atoms with Crippen molar-refractivity contribution in [3.63, 3.8) is 0 Å². The second kappa shape index (κ2) is 10.2. The highest BCUT2D eigenvalue weighted by Gasteiger charge is 2.24. The van der Waals surface area contributed by atoms with Crippen LogP contribution in [0.4, 0.5) is 5.13 Å².